The Bertz CT molecular complexity index is 971. The van der Waals surface area contributed by atoms with Gasteiger partial charge in [-0.15, -0.1) is 0 Å². The molecule has 29 heavy (non-hydrogen) atoms. The van der Waals surface area contributed by atoms with Crippen LogP contribution in [-0.2, 0) is 4.79 Å². The minimum atomic E-state index is 0.0756. The predicted molar refractivity (Wildman–Crippen MR) is 116 cm³/mol. The monoisotopic (exact) mass is 387 g/mol. The second-order valence-corrected chi connectivity index (χ2v) is 7.34. The standard InChI is InChI=1S/C24H26N4O/c1-2-26-15-17-27(18-16-26)23(29)14-13-21-19-28(22-11-7-4-8-12-22)25-24(21)20-9-5-3-6-10-20/h3-14,19H,2,15-18H2,1H3/p+1/b14-13+. The Hall–Kier alpha value is -3.18. The highest BCUT2D eigenvalue weighted by atomic mass is 16.2. The molecule has 1 saturated heterocycles. The molecule has 1 fully saturated rings. The van der Waals surface area contributed by atoms with Gasteiger partial charge in [0.2, 0.25) is 5.91 Å². The number of hydrogen-bond acceptors (Lipinski definition) is 2. The number of quaternary nitrogens is 1. The average molecular weight is 388 g/mol. The fraction of sp³-hybridized carbons (Fsp3) is 0.250. The molecule has 1 aliphatic rings. The van der Waals surface area contributed by atoms with E-state index in [9.17, 15) is 4.79 Å². The largest absolute Gasteiger partial charge is 0.332 e. The van der Waals surface area contributed by atoms with Crippen LogP contribution in [0.15, 0.2) is 72.9 Å². The summed E-state index contributed by atoms with van der Waals surface area (Å²) in [5.41, 5.74) is 3.84. The molecule has 3 aromatic rings. The fourth-order valence-corrected chi connectivity index (χ4v) is 3.71. The Morgan fingerprint density at radius 3 is 2.34 bits per heavy atom. The normalized spacial score (nSPS) is 15.1. The molecule has 0 atom stereocenters. The molecule has 0 aliphatic carbocycles. The van der Waals surface area contributed by atoms with Crippen LogP contribution in [0, 0.1) is 0 Å². The van der Waals surface area contributed by atoms with E-state index >= 15 is 0 Å². The van der Waals surface area contributed by atoms with Gasteiger partial charge in [0.15, 0.2) is 0 Å². The summed E-state index contributed by atoms with van der Waals surface area (Å²) >= 11 is 0. The van der Waals surface area contributed by atoms with Crippen LogP contribution in [0.4, 0.5) is 0 Å². The van der Waals surface area contributed by atoms with E-state index in [-0.39, 0.29) is 5.91 Å². The summed E-state index contributed by atoms with van der Waals surface area (Å²) in [7, 11) is 0. The van der Waals surface area contributed by atoms with Gasteiger partial charge in [-0.1, -0.05) is 48.5 Å². The summed E-state index contributed by atoms with van der Waals surface area (Å²) in [6, 6.07) is 20.1. The van der Waals surface area contributed by atoms with Crippen LogP contribution in [0.2, 0.25) is 0 Å². The zero-order valence-corrected chi connectivity index (χ0v) is 16.8. The molecule has 1 aromatic heterocycles. The Morgan fingerprint density at radius 2 is 1.69 bits per heavy atom. The van der Waals surface area contributed by atoms with Crippen LogP contribution in [0.1, 0.15) is 12.5 Å². The first-order valence-corrected chi connectivity index (χ1v) is 10.3. The number of nitrogens with one attached hydrogen (secondary N) is 1. The lowest BCUT2D eigenvalue weighted by molar-refractivity contribution is -0.902. The van der Waals surface area contributed by atoms with Gasteiger partial charge in [0.25, 0.3) is 0 Å². The smallest absolute Gasteiger partial charge is 0.246 e. The average Bonchev–Trinajstić information content (AvgIpc) is 3.23. The lowest BCUT2D eigenvalue weighted by Gasteiger charge is -2.30. The van der Waals surface area contributed by atoms with Crippen molar-refractivity contribution in [2.75, 3.05) is 32.7 Å². The minimum absolute atomic E-state index is 0.0756. The van der Waals surface area contributed by atoms with Gasteiger partial charge in [-0.25, -0.2) is 4.68 Å². The Labute approximate surface area is 171 Å². The number of nitrogens with zero attached hydrogens (tertiary/aromatic N) is 3. The van der Waals surface area contributed by atoms with E-state index in [2.05, 4.69) is 6.92 Å². The third kappa shape index (κ3) is 4.46. The molecule has 148 valence electrons. The van der Waals surface area contributed by atoms with Crippen molar-refractivity contribution in [3.63, 3.8) is 0 Å². The maximum Gasteiger partial charge on any atom is 0.246 e. The number of amides is 1. The summed E-state index contributed by atoms with van der Waals surface area (Å²) in [5, 5.41) is 4.80. The van der Waals surface area contributed by atoms with Crippen molar-refractivity contribution in [2.45, 2.75) is 6.92 Å². The summed E-state index contributed by atoms with van der Waals surface area (Å²) < 4.78 is 1.87. The summed E-state index contributed by atoms with van der Waals surface area (Å²) in [6.07, 6.45) is 5.58. The quantitative estimate of drug-likeness (QED) is 0.683. The molecule has 0 bridgehead atoms. The molecule has 1 N–H and O–H groups in total. The minimum Gasteiger partial charge on any atom is -0.332 e. The molecule has 0 spiro atoms. The zero-order valence-electron chi connectivity index (χ0n) is 16.8. The molecule has 5 nitrogen and oxygen atoms in total. The van der Waals surface area contributed by atoms with E-state index in [1.807, 2.05) is 82.5 Å². The number of piperazine rings is 1. The van der Waals surface area contributed by atoms with Crippen molar-refractivity contribution in [2.24, 2.45) is 0 Å². The molecule has 1 aliphatic heterocycles. The first-order valence-electron chi connectivity index (χ1n) is 10.3. The molecular formula is C24H27N4O+. The summed E-state index contributed by atoms with van der Waals surface area (Å²) in [6.45, 7) is 7.01. The highest BCUT2D eigenvalue weighted by Gasteiger charge is 2.21. The SMILES string of the molecule is CC[NH+]1CCN(C(=O)/C=C/c2cn(-c3ccccc3)nc2-c2ccccc2)CC1. The molecular weight excluding hydrogens is 360 g/mol. The van der Waals surface area contributed by atoms with E-state index in [1.54, 1.807) is 11.0 Å². The van der Waals surface area contributed by atoms with Crippen LogP contribution in [0.5, 0.6) is 0 Å². The van der Waals surface area contributed by atoms with Gasteiger partial charge < -0.3 is 9.80 Å². The van der Waals surface area contributed by atoms with E-state index in [1.165, 1.54) is 0 Å². The van der Waals surface area contributed by atoms with Crippen molar-refractivity contribution < 1.29 is 9.69 Å². The maximum atomic E-state index is 12.7. The van der Waals surface area contributed by atoms with E-state index in [0.29, 0.717) is 0 Å². The number of carbonyl (C=O) groups is 1. The number of likely N-dealkylation sites (N-methyl/N-ethyl adjacent to an activating group) is 1. The molecule has 5 heteroatoms. The Morgan fingerprint density at radius 1 is 1.03 bits per heavy atom. The lowest BCUT2D eigenvalue weighted by atomic mass is 10.1. The van der Waals surface area contributed by atoms with Crippen molar-refractivity contribution in [3.8, 4) is 16.9 Å². The van der Waals surface area contributed by atoms with Crippen LogP contribution < -0.4 is 4.90 Å². The molecule has 0 radical (unpaired) electrons. The molecule has 2 heterocycles. The highest BCUT2D eigenvalue weighted by Crippen LogP contribution is 2.24. The first-order chi connectivity index (χ1) is 14.2. The molecule has 0 unspecified atom stereocenters. The fourth-order valence-electron chi connectivity index (χ4n) is 3.71. The number of benzene rings is 2. The maximum absolute atomic E-state index is 12.7. The molecule has 4 rings (SSSR count). The van der Waals surface area contributed by atoms with E-state index in [4.69, 9.17) is 5.10 Å². The van der Waals surface area contributed by atoms with Crippen LogP contribution in [-0.4, -0.2) is 53.3 Å². The number of hydrogen-bond donors (Lipinski definition) is 1. The first kappa shape index (κ1) is 19.2. The molecule has 0 saturated carbocycles. The third-order valence-corrected chi connectivity index (χ3v) is 5.50. The summed E-state index contributed by atoms with van der Waals surface area (Å²) in [5.74, 6) is 0.0756. The van der Waals surface area contributed by atoms with Gasteiger partial charge in [0, 0.05) is 23.4 Å². The van der Waals surface area contributed by atoms with Gasteiger partial charge in [-0.3, -0.25) is 4.79 Å². The lowest BCUT2D eigenvalue weighted by Crippen LogP contribution is -3.14. The number of rotatable bonds is 5. The predicted octanol–water partition coefficient (Wildman–Crippen LogP) is 2.30. The van der Waals surface area contributed by atoms with Crippen molar-refractivity contribution in [1.82, 2.24) is 14.7 Å². The second kappa shape index (κ2) is 8.88. The van der Waals surface area contributed by atoms with Crippen molar-refractivity contribution in [3.05, 3.63) is 78.5 Å². The number of aromatic nitrogens is 2. The zero-order chi connectivity index (χ0) is 20.1. The molecule has 2 aromatic carbocycles. The van der Waals surface area contributed by atoms with Gasteiger partial charge in [-0.2, -0.15) is 5.10 Å². The second-order valence-electron chi connectivity index (χ2n) is 7.34. The van der Waals surface area contributed by atoms with Crippen LogP contribution in [0.3, 0.4) is 0 Å². The van der Waals surface area contributed by atoms with Gasteiger partial charge in [-0.05, 0) is 25.1 Å². The van der Waals surface area contributed by atoms with Crippen molar-refractivity contribution >= 4 is 12.0 Å². The van der Waals surface area contributed by atoms with E-state index in [0.717, 1.165) is 55.2 Å². The topological polar surface area (TPSA) is 42.6 Å². The molecule has 1 amide bonds. The van der Waals surface area contributed by atoms with E-state index < -0.39 is 0 Å². The van der Waals surface area contributed by atoms with Gasteiger partial charge in [0.05, 0.1) is 44.1 Å². The van der Waals surface area contributed by atoms with Crippen molar-refractivity contribution in [1.29, 1.82) is 0 Å². The number of carbonyl (C=O) groups excluding carboxylic acids is 1. The highest BCUT2D eigenvalue weighted by molar-refractivity contribution is 5.93. The van der Waals surface area contributed by atoms with Gasteiger partial charge >= 0.3 is 0 Å². The van der Waals surface area contributed by atoms with Gasteiger partial charge in [0.1, 0.15) is 0 Å². The van der Waals surface area contributed by atoms with Crippen LogP contribution in [0.25, 0.3) is 23.0 Å². The summed E-state index contributed by atoms with van der Waals surface area (Å²) in [4.78, 5) is 16.2. The number of para-hydroxylation sites is 1. The Kier molecular flexibility index (Phi) is 5.86. The third-order valence-electron chi connectivity index (χ3n) is 5.50. The Balaban J connectivity index is 1.59. The van der Waals surface area contributed by atoms with Crippen LogP contribution >= 0.6 is 0 Å².